The second-order valence-corrected chi connectivity index (χ2v) is 5.17. The molecule has 2 rings (SSSR count). The van der Waals surface area contributed by atoms with Crippen LogP contribution >= 0.6 is 11.6 Å². The van der Waals surface area contributed by atoms with Crippen LogP contribution in [0.15, 0.2) is 17.1 Å². The van der Waals surface area contributed by atoms with E-state index in [4.69, 9.17) is 16.7 Å². The summed E-state index contributed by atoms with van der Waals surface area (Å²) in [5, 5.41) is 13.9. The highest BCUT2D eigenvalue weighted by molar-refractivity contribution is 6.31. The minimum absolute atomic E-state index is 0.254. The fraction of sp³-hybridized carbons (Fsp3) is 0.357. The lowest BCUT2D eigenvalue weighted by atomic mass is 10.2. The van der Waals surface area contributed by atoms with Crippen molar-refractivity contribution >= 4 is 17.6 Å². The molecule has 0 aliphatic rings. The minimum atomic E-state index is -1.24. The third-order valence-corrected chi connectivity index (χ3v) is 3.84. The fourth-order valence-corrected chi connectivity index (χ4v) is 2.38. The molecule has 0 saturated carbocycles. The van der Waals surface area contributed by atoms with Crippen molar-refractivity contribution < 1.29 is 9.90 Å². The van der Waals surface area contributed by atoms with Crippen LogP contribution in [0.25, 0.3) is 0 Å². The molecule has 6 nitrogen and oxygen atoms in total. The van der Waals surface area contributed by atoms with E-state index in [0.29, 0.717) is 23.8 Å². The standard InChI is InChI=1S/C14H16ClN3O3/c1-4-18-11(13(15)9(3)16-18)7-17-6-10(14(20)21)12(19)5-8(17)2/h5-6H,4,7H2,1-3H3,(H,20,21). The summed E-state index contributed by atoms with van der Waals surface area (Å²) in [5.41, 5.74) is 1.44. The normalized spacial score (nSPS) is 10.9. The van der Waals surface area contributed by atoms with E-state index < -0.39 is 11.4 Å². The summed E-state index contributed by atoms with van der Waals surface area (Å²) in [6, 6.07) is 1.32. The molecule has 0 fully saturated rings. The summed E-state index contributed by atoms with van der Waals surface area (Å²) >= 11 is 6.25. The monoisotopic (exact) mass is 309 g/mol. The molecular formula is C14H16ClN3O3. The van der Waals surface area contributed by atoms with E-state index >= 15 is 0 Å². The van der Waals surface area contributed by atoms with Gasteiger partial charge in [-0.2, -0.15) is 5.10 Å². The molecule has 2 heterocycles. The number of halogens is 1. The second-order valence-electron chi connectivity index (χ2n) is 4.79. The molecule has 2 aromatic heterocycles. The number of nitrogens with zero attached hydrogens (tertiary/aromatic N) is 3. The van der Waals surface area contributed by atoms with Crippen molar-refractivity contribution in [1.82, 2.24) is 14.3 Å². The maximum Gasteiger partial charge on any atom is 0.341 e. The molecule has 7 heteroatoms. The van der Waals surface area contributed by atoms with Crippen molar-refractivity contribution in [3.63, 3.8) is 0 Å². The highest BCUT2D eigenvalue weighted by Crippen LogP contribution is 2.21. The minimum Gasteiger partial charge on any atom is -0.477 e. The van der Waals surface area contributed by atoms with E-state index in [0.717, 1.165) is 11.4 Å². The van der Waals surface area contributed by atoms with E-state index in [-0.39, 0.29) is 5.56 Å². The van der Waals surface area contributed by atoms with Crippen molar-refractivity contribution in [2.75, 3.05) is 0 Å². The molecule has 0 amide bonds. The summed E-state index contributed by atoms with van der Waals surface area (Å²) in [4.78, 5) is 22.7. The number of carbonyl (C=O) groups is 1. The van der Waals surface area contributed by atoms with Gasteiger partial charge in [-0.25, -0.2) is 4.79 Å². The largest absolute Gasteiger partial charge is 0.477 e. The first kappa shape index (κ1) is 15.3. The van der Waals surface area contributed by atoms with Gasteiger partial charge in [-0.3, -0.25) is 9.48 Å². The van der Waals surface area contributed by atoms with Crippen LogP contribution in [0.4, 0.5) is 0 Å². The van der Waals surface area contributed by atoms with Crippen molar-refractivity contribution in [2.45, 2.75) is 33.9 Å². The van der Waals surface area contributed by atoms with Crippen LogP contribution in [-0.4, -0.2) is 25.4 Å². The quantitative estimate of drug-likeness (QED) is 0.938. The Hall–Kier alpha value is -2.08. The van der Waals surface area contributed by atoms with Crippen LogP contribution in [0.1, 0.15) is 34.4 Å². The number of aromatic carboxylic acids is 1. The molecule has 112 valence electrons. The van der Waals surface area contributed by atoms with Gasteiger partial charge in [-0.15, -0.1) is 0 Å². The first-order chi connectivity index (χ1) is 9.85. The van der Waals surface area contributed by atoms with Gasteiger partial charge >= 0.3 is 5.97 Å². The van der Waals surface area contributed by atoms with Gasteiger partial charge in [-0.1, -0.05) is 11.6 Å². The molecule has 0 saturated heterocycles. The SMILES string of the molecule is CCn1nc(C)c(Cl)c1Cn1cc(C(=O)O)c(=O)cc1C. The summed E-state index contributed by atoms with van der Waals surface area (Å²) in [6.45, 7) is 6.54. The summed E-state index contributed by atoms with van der Waals surface area (Å²) in [6.07, 6.45) is 1.35. The maximum absolute atomic E-state index is 11.6. The Morgan fingerprint density at radius 1 is 1.43 bits per heavy atom. The third kappa shape index (κ3) is 2.85. The Morgan fingerprint density at radius 2 is 2.10 bits per heavy atom. The first-order valence-electron chi connectivity index (χ1n) is 6.51. The van der Waals surface area contributed by atoms with Gasteiger partial charge in [0.25, 0.3) is 0 Å². The van der Waals surface area contributed by atoms with Crippen LogP contribution in [0, 0.1) is 13.8 Å². The average molecular weight is 310 g/mol. The molecule has 0 bridgehead atoms. The number of aromatic nitrogens is 3. The molecule has 0 unspecified atom stereocenters. The number of carboxylic acids is 1. The number of aryl methyl sites for hydroxylation is 3. The van der Waals surface area contributed by atoms with E-state index in [1.54, 1.807) is 16.2 Å². The van der Waals surface area contributed by atoms with Crippen molar-refractivity contribution in [3.05, 3.63) is 50.2 Å². The molecule has 0 aliphatic heterocycles. The lowest BCUT2D eigenvalue weighted by Gasteiger charge is -2.13. The van der Waals surface area contributed by atoms with Gasteiger partial charge in [0.05, 0.1) is 23.0 Å². The third-order valence-electron chi connectivity index (χ3n) is 3.35. The fourth-order valence-electron chi connectivity index (χ4n) is 2.18. The summed E-state index contributed by atoms with van der Waals surface area (Å²) in [7, 11) is 0. The number of hydrogen-bond donors (Lipinski definition) is 1. The smallest absolute Gasteiger partial charge is 0.341 e. The van der Waals surface area contributed by atoms with Crippen LogP contribution < -0.4 is 5.43 Å². The molecule has 0 atom stereocenters. The molecule has 0 aromatic carbocycles. The molecule has 0 spiro atoms. The van der Waals surface area contributed by atoms with Gasteiger partial charge in [0.15, 0.2) is 5.43 Å². The predicted molar refractivity (Wildman–Crippen MR) is 79.1 cm³/mol. The van der Waals surface area contributed by atoms with Gasteiger partial charge in [0, 0.05) is 24.5 Å². The predicted octanol–water partition coefficient (Wildman–Crippen LogP) is 2.08. The first-order valence-corrected chi connectivity index (χ1v) is 6.89. The molecule has 0 radical (unpaired) electrons. The van der Waals surface area contributed by atoms with Crippen LogP contribution in [0.3, 0.4) is 0 Å². The average Bonchev–Trinajstić information content (AvgIpc) is 2.68. The number of rotatable bonds is 4. The number of hydrogen-bond acceptors (Lipinski definition) is 3. The Morgan fingerprint density at radius 3 is 2.67 bits per heavy atom. The summed E-state index contributed by atoms with van der Waals surface area (Å²) in [5.74, 6) is -1.24. The molecule has 1 N–H and O–H groups in total. The lowest BCUT2D eigenvalue weighted by molar-refractivity contribution is 0.0694. The zero-order valence-electron chi connectivity index (χ0n) is 12.1. The van der Waals surface area contributed by atoms with E-state index in [2.05, 4.69) is 5.10 Å². The van der Waals surface area contributed by atoms with E-state index in [9.17, 15) is 9.59 Å². The molecule has 21 heavy (non-hydrogen) atoms. The topological polar surface area (TPSA) is 77.1 Å². The zero-order chi connectivity index (χ0) is 15.7. The van der Waals surface area contributed by atoms with Gasteiger partial charge < -0.3 is 9.67 Å². The van der Waals surface area contributed by atoms with E-state index in [1.807, 2.05) is 13.8 Å². The second kappa shape index (κ2) is 5.73. The Balaban J connectivity index is 2.52. The Labute approximate surface area is 126 Å². The van der Waals surface area contributed by atoms with Gasteiger partial charge in [0.2, 0.25) is 0 Å². The van der Waals surface area contributed by atoms with Crippen molar-refractivity contribution in [3.8, 4) is 0 Å². The summed E-state index contributed by atoms with van der Waals surface area (Å²) < 4.78 is 3.47. The van der Waals surface area contributed by atoms with Crippen molar-refractivity contribution in [1.29, 1.82) is 0 Å². The Kier molecular flexibility index (Phi) is 4.18. The van der Waals surface area contributed by atoms with Crippen LogP contribution in [-0.2, 0) is 13.1 Å². The molecule has 2 aromatic rings. The highest BCUT2D eigenvalue weighted by atomic mass is 35.5. The van der Waals surface area contributed by atoms with Crippen molar-refractivity contribution in [2.24, 2.45) is 0 Å². The molecule has 0 aliphatic carbocycles. The van der Waals surface area contributed by atoms with Gasteiger partial charge in [0.1, 0.15) is 5.56 Å². The highest BCUT2D eigenvalue weighted by Gasteiger charge is 2.15. The zero-order valence-corrected chi connectivity index (χ0v) is 12.8. The Bertz CT molecular complexity index is 762. The lowest BCUT2D eigenvalue weighted by Crippen LogP contribution is -2.20. The van der Waals surface area contributed by atoms with Gasteiger partial charge in [-0.05, 0) is 20.8 Å². The van der Waals surface area contributed by atoms with E-state index in [1.165, 1.54) is 12.3 Å². The van der Waals surface area contributed by atoms with Crippen LogP contribution in [0.2, 0.25) is 5.02 Å². The molecular weight excluding hydrogens is 294 g/mol. The number of pyridine rings is 1. The maximum atomic E-state index is 11.6. The van der Waals surface area contributed by atoms with Crippen LogP contribution in [0.5, 0.6) is 0 Å². The number of carboxylic acid groups (broad SMARTS) is 1.